The molecule has 1 aliphatic heterocycles. The largest absolute Gasteiger partial charge is 0.493 e. The quantitative estimate of drug-likeness (QED) is 0.603. The van der Waals surface area contributed by atoms with Gasteiger partial charge in [-0.15, -0.1) is 0 Å². The van der Waals surface area contributed by atoms with Crippen LogP contribution in [0, 0.1) is 5.82 Å². The summed E-state index contributed by atoms with van der Waals surface area (Å²) in [4.78, 5) is 26.2. The van der Waals surface area contributed by atoms with Gasteiger partial charge in [0.25, 0.3) is 11.1 Å². The van der Waals surface area contributed by atoms with Crippen LogP contribution in [-0.2, 0) is 11.3 Å². The Morgan fingerprint density at radius 1 is 1.23 bits per heavy atom. The number of hydrogen-bond acceptors (Lipinski definition) is 4. The predicted molar refractivity (Wildman–Crippen MR) is 103 cm³/mol. The van der Waals surface area contributed by atoms with Crippen molar-refractivity contribution >= 4 is 44.9 Å². The molecule has 4 nitrogen and oxygen atoms in total. The molecule has 2 amide bonds. The van der Waals surface area contributed by atoms with E-state index in [0.717, 1.165) is 21.1 Å². The van der Waals surface area contributed by atoms with E-state index in [0.29, 0.717) is 23.5 Å². The van der Waals surface area contributed by atoms with Gasteiger partial charge in [0.1, 0.15) is 11.6 Å². The molecule has 0 spiro atoms. The third-order valence-corrected chi connectivity index (χ3v) is 5.12. The average Bonchev–Trinajstić information content (AvgIpc) is 2.87. The zero-order valence-corrected chi connectivity index (χ0v) is 16.3. The van der Waals surface area contributed by atoms with E-state index in [1.807, 2.05) is 19.1 Å². The number of halogens is 2. The van der Waals surface area contributed by atoms with Crippen LogP contribution < -0.4 is 4.74 Å². The highest BCUT2D eigenvalue weighted by molar-refractivity contribution is 9.10. The van der Waals surface area contributed by atoms with Crippen molar-refractivity contribution in [2.45, 2.75) is 13.5 Å². The normalized spacial score (nSPS) is 15.8. The van der Waals surface area contributed by atoms with Gasteiger partial charge in [-0.05, 0) is 49.0 Å². The summed E-state index contributed by atoms with van der Waals surface area (Å²) >= 11 is 4.23. The molecule has 134 valence electrons. The molecular weight excluding hydrogens is 421 g/mol. The topological polar surface area (TPSA) is 46.6 Å². The van der Waals surface area contributed by atoms with Gasteiger partial charge in [0, 0.05) is 15.6 Å². The summed E-state index contributed by atoms with van der Waals surface area (Å²) in [6, 6.07) is 11.5. The second kappa shape index (κ2) is 8.05. The molecule has 0 radical (unpaired) electrons. The molecule has 2 aromatic rings. The highest BCUT2D eigenvalue weighted by Gasteiger charge is 2.35. The van der Waals surface area contributed by atoms with Crippen LogP contribution in [0.15, 0.2) is 51.8 Å². The predicted octanol–water partition coefficient (Wildman–Crippen LogP) is 5.22. The van der Waals surface area contributed by atoms with Crippen LogP contribution in [0.3, 0.4) is 0 Å². The number of ether oxygens (including phenoxy) is 1. The van der Waals surface area contributed by atoms with Crippen molar-refractivity contribution in [3.63, 3.8) is 0 Å². The SMILES string of the molecule is CCOc1ccc(Br)cc1/C=C1/SC(=O)N(Cc2ccccc2F)C1=O. The van der Waals surface area contributed by atoms with Gasteiger partial charge in [-0.3, -0.25) is 14.5 Å². The minimum Gasteiger partial charge on any atom is -0.493 e. The van der Waals surface area contributed by atoms with Crippen molar-refractivity contribution in [1.29, 1.82) is 0 Å². The Labute approximate surface area is 163 Å². The van der Waals surface area contributed by atoms with E-state index in [-0.39, 0.29) is 11.4 Å². The number of thioether (sulfide) groups is 1. The lowest BCUT2D eigenvalue weighted by Crippen LogP contribution is -2.27. The summed E-state index contributed by atoms with van der Waals surface area (Å²) in [6.07, 6.45) is 1.63. The first-order valence-corrected chi connectivity index (χ1v) is 9.51. The van der Waals surface area contributed by atoms with Crippen LogP contribution in [0.5, 0.6) is 5.75 Å². The van der Waals surface area contributed by atoms with Gasteiger partial charge in [0.2, 0.25) is 0 Å². The standard InChI is InChI=1S/C19H15BrFNO3S/c1-2-25-16-8-7-14(20)9-13(16)10-17-18(23)22(19(24)26-17)11-12-5-3-4-6-15(12)21/h3-10H,2,11H2,1H3/b17-10+. The fourth-order valence-corrected chi connectivity index (χ4v) is 3.70. The second-order valence-corrected chi connectivity index (χ2v) is 7.38. The van der Waals surface area contributed by atoms with E-state index in [4.69, 9.17) is 4.74 Å². The maximum Gasteiger partial charge on any atom is 0.293 e. The fourth-order valence-electron chi connectivity index (χ4n) is 2.49. The lowest BCUT2D eigenvalue weighted by atomic mass is 10.1. The van der Waals surface area contributed by atoms with E-state index >= 15 is 0 Å². The van der Waals surface area contributed by atoms with Gasteiger partial charge in [-0.25, -0.2) is 4.39 Å². The maximum atomic E-state index is 13.8. The molecule has 1 aliphatic rings. The van der Waals surface area contributed by atoms with E-state index in [1.165, 1.54) is 6.07 Å². The molecule has 0 unspecified atom stereocenters. The average molecular weight is 436 g/mol. The summed E-state index contributed by atoms with van der Waals surface area (Å²) < 4.78 is 20.2. The number of benzene rings is 2. The van der Waals surface area contributed by atoms with E-state index in [9.17, 15) is 14.0 Å². The third kappa shape index (κ3) is 3.99. The number of rotatable bonds is 5. The summed E-state index contributed by atoms with van der Waals surface area (Å²) in [5, 5.41) is -0.419. The number of carbonyl (C=O) groups is 2. The number of hydrogen-bond donors (Lipinski definition) is 0. The summed E-state index contributed by atoms with van der Waals surface area (Å²) in [5.41, 5.74) is 0.992. The number of carbonyl (C=O) groups excluding carboxylic acids is 2. The van der Waals surface area contributed by atoms with Crippen molar-refractivity contribution in [3.8, 4) is 5.75 Å². The Morgan fingerprint density at radius 3 is 2.73 bits per heavy atom. The Kier molecular flexibility index (Phi) is 5.78. The monoisotopic (exact) mass is 435 g/mol. The van der Waals surface area contributed by atoms with Gasteiger partial charge >= 0.3 is 0 Å². The van der Waals surface area contributed by atoms with Crippen molar-refractivity contribution in [3.05, 3.63) is 68.8 Å². The first kappa shape index (κ1) is 18.7. The molecule has 2 aromatic carbocycles. The van der Waals surface area contributed by atoms with E-state index in [1.54, 1.807) is 30.3 Å². The molecule has 3 rings (SSSR count). The zero-order valence-electron chi connectivity index (χ0n) is 13.9. The van der Waals surface area contributed by atoms with Crippen LogP contribution in [0.1, 0.15) is 18.1 Å². The van der Waals surface area contributed by atoms with Gasteiger partial charge in [0.05, 0.1) is 18.1 Å². The molecule has 0 saturated carbocycles. The highest BCUT2D eigenvalue weighted by Crippen LogP contribution is 2.35. The Bertz CT molecular complexity index is 900. The first-order valence-electron chi connectivity index (χ1n) is 7.90. The first-order chi connectivity index (χ1) is 12.5. The van der Waals surface area contributed by atoms with Crippen LogP contribution >= 0.6 is 27.7 Å². The lowest BCUT2D eigenvalue weighted by molar-refractivity contribution is -0.123. The van der Waals surface area contributed by atoms with Crippen LogP contribution in [0.2, 0.25) is 0 Å². The van der Waals surface area contributed by atoms with Crippen LogP contribution in [0.25, 0.3) is 6.08 Å². The maximum absolute atomic E-state index is 13.8. The zero-order chi connectivity index (χ0) is 18.7. The number of nitrogens with zero attached hydrogens (tertiary/aromatic N) is 1. The molecule has 0 bridgehead atoms. The number of imide groups is 1. The minimum absolute atomic E-state index is 0.0918. The Morgan fingerprint density at radius 2 is 2.00 bits per heavy atom. The second-order valence-electron chi connectivity index (χ2n) is 5.47. The fraction of sp³-hybridized carbons (Fsp3) is 0.158. The molecular formula is C19H15BrFNO3S. The minimum atomic E-state index is -0.443. The summed E-state index contributed by atoms with van der Waals surface area (Å²) in [6.45, 7) is 2.26. The Balaban J connectivity index is 1.88. The molecule has 0 aromatic heterocycles. The van der Waals surface area contributed by atoms with Gasteiger partial charge in [-0.2, -0.15) is 0 Å². The van der Waals surface area contributed by atoms with E-state index in [2.05, 4.69) is 15.9 Å². The molecule has 1 saturated heterocycles. The Hall–Kier alpha value is -2.12. The van der Waals surface area contributed by atoms with Gasteiger partial charge in [0.15, 0.2) is 0 Å². The number of amides is 2. The summed E-state index contributed by atoms with van der Waals surface area (Å²) in [7, 11) is 0. The molecule has 0 atom stereocenters. The molecule has 0 N–H and O–H groups in total. The third-order valence-electron chi connectivity index (χ3n) is 3.72. The molecule has 7 heteroatoms. The van der Waals surface area contributed by atoms with Crippen molar-refractivity contribution in [2.75, 3.05) is 6.61 Å². The van der Waals surface area contributed by atoms with Crippen LogP contribution in [0.4, 0.5) is 9.18 Å². The summed E-state index contributed by atoms with van der Waals surface area (Å²) in [5.74, 6) is -0.261. The van der Waals surface area contributed by atoms with E-state index < -0.39 is 17.0 Å². The molecule has 1 fully saturated rings. The van der Waals surface area contributed by atoms with Crippen molar-refractivity contribution in [2.24, 2.45) is 0 Å². The van der Waals surface area contributed by atoms with Gasteiger partial charge in [-0.1, -0.05) is 34.1 Å². The molecule has 1 heterocycles. The van der Waals surface area contributed by atoms with Crippen molar-refractivity contribution < 1.29 is 18.7 Å². The highest BCUT2D eigenvalue weighted by atomic mass is 79.9. The van der Waals surface area contributed by atoms with Crippen LogP contribution in [-0.4, -0.2) is 22.7 Å². The molecule has 26 heavy (non-hydrogen) atoms. The smallest absolute Gasteiger partial charge is 0.293 e. The molecule has 0 aliphatic carbocycles. The van der Waals surface area contributed by atoms with Crippen molar-refractivity contribution in [1.82, 2.24) is 4.90 Å². The lowest BCUT2D eigenvalue weighted by Gasteiger charge is -2.13. The van der Waals surface area contributed by atoms with Gasteiger partial charge < -0.3 is 4.74 Å².